The van der Waals surface area contributed by atoms with Crippen molar-refractivity contribution in [3.05, 3.63) is 42.6 Å². The zero-order valence-corrected chi connectivity index (χ0v) is 15.8. The molecular weight excluding hydrogens is 360 g/mol. The van der Waals surface area contributed by atoms with Crippen LogP contribution in [0.15, 0.2) is 42.6 Å². The Morgan fingerprint density at radius 3 is 2.75 bits per heavy atom. The van der Waals surface area contributed by atoms with E-state index >= 15 is 0 Å². The minimum absolute atomic E-state index is 0.334. The Labute approximate surface area is 163 Å². The molecule has 3 heterocycles. The van der Waals surface area contributed by atoms with E-state index in [2.05, 4.69) is 15.2 Å². The lowest BCUT2D eigenvalue weighted by molar-refractivity contribution is -0.154. The van der Waals surface area contributed by atoms with Gasteiger partial charge in [0.05, 0.1) is 7.11 Å². The van der Waals surface area contributed by atoms with Gasteiger partial charge in [0.15, 0.2) is 11.6 Å². The Hall–Kier alpha value is -3.29. The summed E-state index contributed by atoms with van der Waals surface area (Å²) < 4.78 is 11.1. The van der Waals surface area contributed by atoms with Gasteiger partial charge in [-0.25, -0.2) is 4.98 Å². The van der Waals surface area contributed by atoms with Crippen LogP contribution < -0.4 is 19.7 Å². The highest BCUT2D eigenvalue weighted by Crippen LogP contribution is 2.33. The van der Waals surface area contributed by atoms with E-state index in [4.69, 9.17) is 9.47 Å². The monoisotopic (exact) mass is 382 g/mol. The predicted molar refractivity (Wildman–Crippen MR) is 104 cm³/mol. The van der Waals surface area contributed by atoms with Gasteiger partial charge in [-0.05, 0) is 31.2 Å². The van der Waals surface area contributed by atoms with E-state index < -0.39 is 11.5 Å². The van der Waals surface area contributed by atoms with Crippen molar-refractivity contribution in [1.29, 1.82) is 0 Å². The number of amides is 2. The van der Waals surface area contributed by atoms with E-state index in [1.54, 1.807) is 30.3 Å². The van der Waals surface area contributed by atoms with Crippen LogP contribution in [0, 0.1) is 0 Å². The Bertz CT molecular complexity index is 911. The Morgan fingerprint density at radius 1 is 1.21 bits per heavy atom. The molecule has 8 heteroatoms. The van der Waals surface area contributed by atoms with Crippen molar-refractivity contribution < 1.29 is 19.1 Å². The second kappa shape index (κ2) is 7.03. The van der Waals surface area contributed by atoms with Gasteiger partial charge in [0.1, 0.15) is 5.75 Å². The summed E-state index contributed by atoms with van der Waals surface area (Å²) in [5, 5.41) is 2.67. The summed E-state index contributed by atoms with van der Waals surface area (Å²) in [6.45, 7) is 3.84. The molecule has 1 unspecified atom stereocenters. The first kappa shape index (κ1) is 18.1. The van der Waals surface area contributed by atoms with Crippen molar-refractivity contribution in [3.8, 4) is 11.5 Å². The quantitative estimate of drug-likeness (QED) is 0.811. The topological polar surface area (TPSA) is 84.0 Å². The summed E-state index contributed by atoms with van der Waals surface area (Å²) in [6, 6.07) is 11.2. The van der Waals surface area contributed by atoms with Gasteiger partial charge in [-0.3, -0.25) is 9.59 Å². The molecule has 2 aliphatic heterocycles. The van der Waals surface area contributed by atoms with E-state index in [1.165, 1.54) is 6.92 Å². The lowest BCUT2D eigenvalue weighted by Gasteiger charge is -2.41. The molecule has 1 atom stereocenters. The number of nitrogens with zero attached hydrogens (tertiary/aromatic N) is 3. The summed E-state index contributed by atoms with van der Waals surface area (Å²) in [6.07, 6.45) is 1.56. The number of ether oxygens (including phenoxy) is 2. The van der Waals surface area contributed by atoms with Crippen molar-refractivity contribution >= 4 is 23.3 Å². The van der Waals surface area contributed by atoms with Gasteiger partial charge < -0.3 is 24.6 Å². The molecule has 0 bridgehead atoms. The highest BCUT2D eigenvalue weighted by molar-refractivity contribution is 6.15. The molecule has 28 heavy (non-hydrogen) atoms. The molecule has 2 aliphatic rings. The molecule has 8 nitrogen and oxygen atoms in total. The summed E-state index contributed by atoms with van der Waals surface area (Å²) in [5.74, 6) is 0.681. The molecule has 1 N–H and O–H groups in total. The zero-order chi connectivity index (χ0) is 19.7. The molecule has 0 saturated carbocycles. The van der Waals surface area contributed by atoms with Gasteiger partial charge >= 0.3 is 0 Å². The Balaban J connectivity index is 1.46. The van der Waals surface area contributed by atoms with Gasteiger partial charge in [0.25, 0.3) is 17.4 Å². The Kier molecular flexibility index (Phi) is 4.54. The number of rotatable bonds is 3. The number of aromatic nitrogens is 1. The van der Waals surface area contributed by atoms with Crippen LogP contribution in [0.4, 0.5) is 11.5 Å². The lowest BCUT2D eigenvalue weighted by Crippen LogP contribution is -2.62. The first-order chi connectivity index (χ1) is 13.5. The molecule has 0 spiro atoms. The second-order valence-corrected chi connectivity index (χ2v) is 6.92. The third-order valence-corrected chi connectivity index (χ3v) is 5.14. The van der Waals surface area contributed by atoms with Crippen LogP contribution in [0.3, 0.4) is 0 Å². The minimum Gasteiger partial charge on any atom is -0.497 e. The molecule has 1 fully saturated rings. The van der Waals surface area contributed by atoms with Crippen molar-refractivity contribution in [1.82, 2.24) is 9.88 Å². The third kappa shape index (κ3) is 3.11. The normalized spacial score (nSPS) is 21.4. The Morgan fingerprint density at radius 2 is 2.00 bits per heavy atom. The molecule has 0 aliphatic carbocycles. The van der Waals surface area contributed by atoms with Crippen molar-refractivity contribution in [2.45, 2.75) is 12.5 Å². The van der Waals surface area contributed by atoms with Gasteiger partial charge in [0.2, 0.25) is 0 Å². The third-order valence-electron chi connectivity index (χ3n) is 5.14. The lowest BCUT2D eigenvalue weighted by atomic mass is 10.0. The zero-order valence-electron chi connectivity index (χ0n) is 15.8. The SMILES string of the molecule is COc1cccc(N2CCN(C(=O)C3(C)Oc4cccnc4NC3=O)CC2)c1. The van der Waals surface area contributed by atoms with Crippen LogP contribution in [0.1, 0.15) is 6.92 Å². The first-order valence-electron chi connectivity index (χ1n) is 9.15. The molecule has 2 amide bonds. The maximum atomic E-state index is 13.1. The maximum Gasteiger partial charge on any atom is 0.279 e. The van der Waals surface area contributed by atoms with E-state index in [1.807, 2.05) is 24.3 Å². The highest BCUT2D eigenvalue weighted by Gasteiger charge is 2.50. The van der Waals surface area contributed by atoms with E-state index in [9.17, 15) is 9.59 Å². The van der Waals surface area contributed by atoms with Gasteiger partial charge in [-0.2, -0.15) is 0 Å². The number of fused-ring (bicyclic) bond motifs is 1. The second-order valence-electron chi connectivity index (χ2n) is 6.92. The smallest absolute Gasteiger partial charge is 0.279 e. The number of piperazine rings is 1. The largest absolute Gasteiger partial charge is 0.497 e. The van der Waals surface area contributed by atoms with Crippen molar-refractivity contribution in [2.24, 2.45) is 0 Å². The summed E-state index contributed by atoms with van der Waals surface area (Å²) in [4.78, 5) is 33.6. The fourth-order valence-corrected chi connectivity index (χ4v) is 3.48. The highest BCUT2D eigenvalue weighted by atomic mass is 16.5. The summed E-state index contributed by atoms with van der Waals surface area (Å²) in [5.41, 5.74) is -0.557. The van der Waals surface area contributed by atoms with Crippen molar-refractivity contribution in [3.63, 3.8) is 0 Å². The number of hydrogen-bond donors (Lipinski definition) is 1. The number of hydrogen-bond acceptors (Lipinski definition) is 6. The van der Waals surface area contributed by atoms with Crippen LogP contribution >= 0.6 is 0 Å². The number of benzene rings is 1. The summed E-state index contributed by atoms with van der Waals surface area (Å²) in [7, 11) is 1.64. The minimum atomic E-state index is -1.60. The molecule has 0 radical (unpaired) electrons. The molecule has 1 aromatic carbocycles. The molecule has 2 aromatic rings. The maximum absolute atomic E-state index is 13.1. The number of pyridine rings is 1. The standard InChI is InChI=1S/C20H22N4O4/c1-20(18(25)22-17-16(28-20)7-4-8-21-17)19(26)24-11-9-23(10-12-24)14-5-3-6-15(13-14)27-2/h3-8,13H,9-12H2,1-2H3,(H,21,22,25). The van der Waals surface area contributed by atoms with Crippen LogP contribution in [0.2, 0.25) is 0 Å². The van der Waals surface area contributed by atoms with Crippen LogP contribution in [0.25, 0.3) is 0 Å². The fourth-order valence-electron chi connectivity index (χ4n) is 3.48. The van der Waals surface area contributed by atoms with Gasteiger partial charge in [0, 0.05) is 44.1 Å². The summed E-state index contributed by atoms with van der Waals surface area (Å²) >= 11 is 0. The number of carbonyl (C=O) groups is 2. The number of carbonyl (C=O) groups excluding carboxylic acids is 2. The molecular formula is C20H22N4O4. The molecule has 146 valence electrons. The number of nitrogens with one attached hydrogen (secondary N) is 1. The molecule has 1 saturated heterocycles. The average molecular weight is 382 g/mol. The number of methoxy groups -OCH3 is 1. The van der Waals surface area contributed by atoms with Gasteiger partial charge in [-0.1, -0.05) is 6.07 Å². The number of anilines is 2. The molecule has 1 aromatic heterocycles. The fraction of sp³-hybridized carbons (Fsp3) is 0.350. The molecule has 4 rings (SSSR count). The van der Waals surface area contributed by atoms with Crippen LogP contribution in [0.5, 0.6) is 11.5 Å². The van der Waals surface area contributed by atoms with Crippen LogP contribution in [-0.4, -0.2) is 60.6 Å². The van der Waals surface area contributed by atoms with Gasteiger partial charge in [-0.15, -0.1) is 0 Å². The van der Waals surface area contributed by atoms with E-state index in [0.29, 0.717) is 37.7 Å². The van der Waals surface area contributed by atoms with E-state index in [0.717, 1.165) is 11.4 Å². The average Bonchev–Trinajstić information content (AvgIpc) is 2.74. The first-order valence-corrected chi connectivity index (χ1v) is 9.15. The van der Waals surface area contributed by atoms with Crippen molar-refractivity contribution in [2.75, 3.05) is 43.5 Å². The predicted octanol–water partition coefficient (Wildman–Crippen LogP) is 1.53. The van der Waals surface area contributed by atoms with Crippen LogP contribution in [-0.2, 0) is 9.59 Å². The van der Waals surface area contributed by atoms with E-state index in [-0.39, 0.29) is 5.91 Å².